The minimum absolute atomic E-state index is 0.0601. The third-order valence-electron chi connectivity index (χ3n) is 3.04. The molecule has 4 heteroatoms. The maximum atomic E-state index is 11.8. The van der Waals surface area contributed by atoms with Crippen molar-refractivity contribution < 1.29 is 19.0 Å². The average molecular weight is 250 g/mol. The lowest BCUT2D eigenvalue weighted by molar-refractivity contribution is -0.163. The minimum atomic E-state index is -0.692. The van der Waals surface area contributed by atoms with Crippen molar-refractivity contribution in [2.24, 2.45) is 0 Å². The van der Waals surface area contributed by atoms with Crippen molar-refractivity contribution in [2.45, 2.75) is 31.7 Å². The second-order valence-electron chi connectivity index (χ2n) is 4.38. The molecule has 1 aromatic rings. The second kappa shape index (κ2) is 5.98. The molecule has 0 aromatic heterocycles. The number of rotatable bonds is 2. The molecule has 1 aliphatic rings. The van der Waals surface area contributed by atoms with E-state index in [1.807, 2.05) is 37.3 Å². The van der Waals surface area contributed by atoms with E-state index < -0.39 is 18.2 Å². The van der Waals surface area contributed by atoms with Crippen molar-refractivity contribution in [1.82, 2.24) is 0 Å². The molecule has 1 heterocycles. The van der Waals surface area contributed by atoms with Crippen LogP contribution in [0, 0.1) is 0 Å². The quantitative estimate of drug-likeness (QED) is 0.754. The highest BCUT2D eigenvalue weighted by molar-refractivity contribution is 5.75. The molecule has 0 spiro atoms. The highest BCUT2D eigenvalue weighted by atomic mass is 16.6. The van der Waals surface area contributed by atoms with Crippen LogP contribution in [0.4, 0.5) is 0 Å². The van der Waals surface area contributed by atoms with Gasteiger partial charge in [0.05, 0.1) is 19.8 Å². The van der Waals surface area contributed by atoms with Gasteiger partial charge in [-0.3, -0.25) is 0 Å². The van der Waals surface area contributed by atoms with Crippen LogP contribution in [0.3, 0.4) is 0 Å². The minimum Gasteiger partial charge on any atom is -0.467 e. The maximum absolute atomic E-state index is 11.8. The Hall–Kier alpha value is -1.39. The summed E-state index contributed by atoms with van der Waals surface area (Å²) in [5, 5.41) is 0. The van der Waals surface area contributed by atoms with E-state index in [9.17, 15) is 4.79 Å². The first-order chi connectivity index (χ1) is 8.72. The number of esters is 1. The van der Waals surface area contributed by atoms with E-state index in [0.29, 0.717) is 6.61 Å². The van der Waals surface area contributed by atoms with E-state index in [-0.39, 0.29) is 6.10 Å². The molecular weight excluding hydrogens is 232 g/mol. The summed E-state index contributed by atoms with van der Waals surface area (Å²) in [7, 11) is 1.36. The van der Waals surface area contributed by atoms with Gasteiger partial charge in [0.1, 0.15) is 6.10 Å². The summed E-state index contributed by atoms with van der Waals surface area (Å²) in [5.74, 6) is -0.391. The Balaban J connectivity index is 2.27. The number of hydrogen-bond acceptors (Lipinski definition) is 4. The third kappa shape index (κ3) is 2.89. The van der Waals surface area contributed by atoms with Crippen LogP contribution in [0.15, 0.2) is 30.3 Å². The van der Waals surface area contributed by atoms with Gasteiger partial charge in [-0.05, 0) is 18.9 Å². The molecule has 1 aromatic carbocycles. The highest BCUT2D eigenvalue weighted by Gasteiger charge is 2.35. The molecule has 1 aliphatic heterocycles. The standard InChI is InChI=1S/C14H18O4/c1-10-8-9-17-13(14(15)16-2)12(18-10)11-6-4-3-5-7-11/h3-7,10,12-13H,8-9H2,1-2H3/t10-,12+,13-/m1/s1. The Bertz CT molecular complexity index is 390. The fraction of sp³-hybridized carbons (Fsp3) is 0.500. The molecule has 1 fully saturated rings. The summed E-state index contributed by atoms with van der Waals surface area (Å²) >= 11 is 0. The summed E-state index contributed by atoms with van der Waals surface area (Å²) in [4.78, 5) is 11.8. The molecule has 1 saturated heterocycles. The largest absolute Gasteiger partial charge is 0.467 e. The van der Waals surface area contributed by atoms with E-state index in [1.165, 1.54) is 7.11 Å². The van der Waals surface area contributed by atoms with Crippen LogP contribution in [0.1, 0.15) is 25.0 Å². The van der Waals surface area contributed by atoms with Crippen LogP contribution in [-0.4, -0.2) is 31.9 Å². The van der Waals surface area contributed by atoms with Crippen molar-refractivity contribution >= 4 is 5.97 Å². The van der Waals surface area contributed by atoms with Crippen LogP contribution in [0.2, 0.25) is 0 Å². The Labute approximate surface area is 107 Å². The average Bonchev–Trinajstić information content (AvgIpc) is 2.60. The van der Waals surface area contributed by atoms with E-state index >= 15 is 0 Å². The van der Waals surface area contributed by atoms with E-state index in [2.05, 4.69) is 0 Å². The normalized spacial score (nSPS) is 28.4. The zero-order valence-corrected chi connectivity index (χ0v) is 10.7. The Morgan fingerprint density at radius 3 is 2.72 bits per heavy atom. The molecule has 0 saturated carbocycles. The van der Waals surface area contributed by atoms with Crippen molar-refractivity contribution in [3.63, 3.8) is 0 Å². The lowest BCUT2D eigenvalue weighted by Crippen LogP contribution is -2.32. The Morgan fingerprint density at radius 1 is 1.33 bits per heavy atom. The van der Waals surface area contributed by atoms with Crippen molar-refractivity contribution in [1.29, 1.82) is 0 Å². The number of methoxy groups -OCH3 is 1. The third-order valence-corrected chi connectivity index (χ3v) is 3.04. The first-order valence-electron chi connectivity index (χ1n) is 6.12. The number of carbonyl (C=O) groups excluding carboxylic acids is 1. The van der Waals surface area contributed by atoms with Crippen molar-refractivity contribution in [2.75, 3.05) is 13.7 Å². The van der Waals surface area contributed by atoms with Crippen LogP contribution < -0.4 is 0 Å². The molecule has 0 bridgehead atoms. The van der Waals surface area contributed by atoms with Gasteiger partial charge < -0.3 is 14.2 Å². The predicted molar refractivity (Wildman–Crippen MR) is 66.1 cm³/mol. The molecule has 0 unspecified atom stereocenters. The molecule has 0 N–H and O–H groups in total. The van der Waals surface area contributed by atoms with E-state index in [4.69, 9.17) is 14.2 Å². The van der Waals surface area contributed by atoms with Gasteiger partial charge in [-0.25, -0.2) is 4.79 Å². The van der Waals surface area contributed by atoms with Gasteiger partial charge in [-0.2, -0.15) is 0 Å². The molecule has 3 atom stereocenters. The molecule has 0 amide bonds. The number of benzene rings is 1. The maximum Gasteiger partial charge on any atom is 0.338 e. The lowest BCUT2D eigenvalue weighted by atomic mass is 10.0. The van der Waals surface area contributed by atoms with Crippen molar-refractivity contribution in [3.05, 3.63) is 35.9 Å². The van der Waals surface area contributed by atoms with Crippen LogP contribution >= 0.6 is 0 Å². The van der Waals surface area contributed by atoms with Gasteiger partial charge in [0, 0.05) is 0 Å². The van der Waals surface area contributed by atoms with Gasteiger partial charge >= 0.3 is 5.97 Å². The van der Waals surface area contributed by atoms with Crippen LogP contribution in [0.25, 0.3) is 0 Å². The second-order valence-corrected chi connectivity index (χ2v) is 4.38. The number of hydrogen-bond donors (Lipinski definition) is 0. The van der Waals surface area contributed by atoms with Crippen LogP contribution in [-0.2, 0) is 19.0 Å². The fourth-order valence-electron chi connectivity index (χ4n) is 2.04. The van der Waals surface area contributed by atoms with E-state index in [1.54, 1.807) is 0 Å². The predicted octanol–water partition coefficient (Wildman–Crippen LogP) is 2.09. The van der Waals surface area contributed by atoms with Gasteiger partial charge in [0.15, 0.2) is 6.10 Å². The van der Waals surface area contributed by atoms with Gasteiger partial charge in [0.25, 0.3) is 0 Å². The molecule has 4 nitrogen and oxygen atoms in total. The van der Waals surface area contributed by atoms with Crippen LogP contribution in [0.5, 0.6) is 0 Å². The van der Waals surface area contributed by atoms with Gasteiger partial charge in [-0.15, -0.1) is 0 Å². The topological polar surface area (TPSA) is 44.8 Å². The zero-order valence-electron chi connectivity index (χ0n) is 10.7. The molecule has 0 aliphatic carbocycles. The van der Waals surface area contributed by atoms with Gasteiger partial charge in [-0.1, -0.05) is 30.3 Å². The van der Waals surface area contributed by atoms with E-state index in [0.717, 1.165) is 12.0 Å². The number of ether oxygens (including phenoxy) is 3. The highest BCUT2D eigenvalue weighted by Crippen LogP contribution is 2.29. The lowest BCUT2D eigenvalue weighted by Gasteiger charge is -2.24. The molecule has 0 radical (unpaired) electrons. The summed E-state index contributed by atoms with van der Waals surface area (Å²) in [6, 6.07) is 9.63. The first kappa shape index (κ1) is 13.1. The smallest absolute Gasteiger partial charge is 0.338 e. The van der Waals surface area contributed by atoms with Gasteiger partial charge in [0.2, 0.25) is 0 Å². The molecule has 2 rings (SSSR count). The number of carbonyl (C=O) groups is 1. The Kier molecular flexibility index (Phi) is 4.33. The fourth-order valence-corrected chi connectivity index (χ4v) is 2.04. The molecular formula is C14H18O4. The van der Waals surface area contributed by atoms with Crippen molar-refractivity contribution in [3.8, 4) is 0 Å². The summed E-state index contributed by atoms with van der Waals surface area (Å²) < 4.78 is 16.3. The zero-order chi connectivity index (χ0) is 13.0. The first-order valence-corrected chi connectivity index (χ1v) is 6.12. The Morgan fingerprint density at radius 2 is 2.06 bits per heavy atom. The molecule has 98 valence electrons. The SMILES string of the molecule is COC(=O)[C@@H]1OCC[C@@H](C)O[C@H]1c1ccccc1. The molecule has 18 heavy (non-hydrogen) atoms. The monoisotopic (exact) mass is 250 g/mol. The summed E-state index contributed by atoms with van der Waals surface area (Å²) in [6.45, 7) is 2.49. The summed E-state index contributed by atoms with van der Waals surface area (Å²) in [6.07, 6.45) is -0.264. The summed E-state index contributed by atoms with van der Waals surface area (Å²) in [5.41, 5.74) is 0.932.